The molecule has 0 radical (unpaired) electrons. The smallest absolute Gasteiger partial charge is 0.442 e. The predicted octanol–water partition coefficient (Wildman–Crippen LogP) is 2.18. The first kappa shape index (κ1) is 15.3. The van der Waals surface area contributed by atoms with Crippen molar-refractivity contribution in [3.63, 3.8) is 0 Å². The lowest BCUT2D eigenvalue weighted by atomic mass is 10.2. The van der Waals surface area contributed by atoms with E-state index >= 15 is 0 Å². The Bertz CT molecular complexity index is 867. The van der Waals surface area contributed by atoms with Crippen LogP contribution < -0.4 is 11.1 Å². The Morgan fingerprint density at radius 2 is 2.17 bits per heavy atom. The van der Waals surface area contributed by atoms with Crippen LogP contribution >= 0.6 is 15.9 Å². The van der Waals surface area contributed by atoms with Crippen LogP contribution in [-0.4, -0.2) is 15.6 Å². The molecule has 3 aromatic rings. The SMILES string of the molecule is O=C(Cn1c(-c2cccc(Br)c2)noc1=O)NCc1ccco1. The monoisotopic (exact) mass is 377 g/mol. The molecule has 0 aliphatic carbocycles. The molecule has 0 spiro atoms. The van der Waals surface area contributed by atoms with E-state index in [4.69, 9.17) is 4.42 Å². The van der Waals surface area contributed by atoms with Crippen LogP contribution in [0.25, 0.3) is 11.4 Å². The highest BCUT2D eigenvalue weighted by atomic mass is 79.9. The van der Waals surface area contributed by atoms with E-state index in [1.807, 2.05) is 6.07 Å². The Morgan fingerprint density at radius 3 is 2.91 bits per heavy atom. The van der Waals surface area contributed by atoms with E-state index < -0.39 is 5.76 Å². The standard InChI is InChI=1S/C15H12BrN3O4/c16-11-4-1-3-10(7-11)14-18-23-15(21)19(14)9-13(20)17-8-12-5-2-6-22-12/h1-7H,8-9H2,(H,17,20). The maximum atomic E-state index is 12.0. The van der Waals surface area contributed by atoms with E-state index in [-0.39, 0.29) is 19.0 Å². The normalized spacial score (nSPS) is 10.7. The van der Waals surface area contributed by atoms with Gasteiger partial charge < -0.3 is 9.73 Å². The minimum absolute atomic E-state index is 0.190. The fourth-order valence-corrected chi connectivity index (χ4v) is 2.44. The predicted molar refractivity (Wildman–Crippen MR) is 84.5 cm³/mol. The van der Waals surface area contributed by atoms with E-state index in [0.29, 0.717) is 17.1 Å². The van der Waals surface area contributed by atoms with Crippen LogP contribution in [0, 0.1) is 0 Å². The number of amides is 1. The molecule has 2 heterocycles. The molecule has 1 aromatic carbocycles. The summed E-state index contributed by atoms with van der Waals surface area (Å²) in [5.74, 6) is -0.108. The van der Waals surface area contributed by atoms with Gasteiger partial charge in [0, 0.05) is 10.0 Å². The summed E-state index contributed by atoms with van der Waals surface area (Å²) >= 11 is 3.35. The average Bonchev–Trinajstić information content (AvgIpc) is 3.16. The first-order valence-corrected chi connectivity index (χ1v) is 7.54. The lowest BCUT2D eigenvalue weighted by molar-refractivity contribution is -0.122. The second kappa shape index (κ2) is 6.66. The highest BCUT2D eigenvalue weighted by molar-refractivity contribution is 9.10. The summed E-state index contributed by atoms with van der Waals surface area (Å²) in [4.78, 5) is 23.8. The number of aromatic nitrogens is 2. The van der Waals surface area contributed by atoms with Gasteiger partial charge in [-0.15, -0.1) is 0 Å². The number of nitrogens with one attached hydrogen (secondary N) is 1. The number of carbonyl (C=O) groups excluding carboxylic acids is 1. The summed E-state index contributed by atoms with van der Waals surface area (Å²) in [7, 11) is 0. The fourth-order valence-electron chi connectivity index (χ4n) is 2.04. The molecule has 0 unspecified atom stereocenters. The van der Waals surface area contributed by atoms with Crippen LogP contribution in [0.4, 0.5) is 0 Å². The molecule has 1 N–H and O–H groups in total. The summed E-state index contributed by atoms with van der Waals surface area (Å²) in [5, 5.41) is 6.42. The second-order valence-electron chi connectivity index (χ2n) is 4.72. The molecule has 7 nitrogen and oxygen atoms in total. The zero-order chi connectivity index (χ0) is 16.2. The van der Waals surface area contributed by atoms with E-state index in [1.165, 1.54) is 10.8 Å². The van der Waals surface area contributed by atoms with Crippen molar-refractivity contribution >= 4 is 21.8 Å². The van der Waals surface area contributed by atoms with Gasteiger partial charge in [-0.2, -0.15) is 0 Å². The molecule has 2 aromatic heterocycles. The maximum Gasteiger partial charge on any atom is 0.442 e. The molecule has 23 heavy (non-hydrogen) atoms. The van der Waals surface area contributed by atoms with Crippen LogP contribution in [0.3, 0.4) is 0 Å². The molecule has 0 fully saturated rings. The minimum Gasteiger partial charge on any atom is -0.467 e. The molecule has 8 heteroatoms. The Kier molecular flexibility index (Phi) is 4.42. The van der Waals surface area contributed by atoms with Gasteiger partial charge in [0.25, 0.3) is 0 Å². The molecule has 1 amide bonds. The molecule has 0 atom stereocenters. The van der Waals surface area contributed by atoms with Gasteiger partial charge in [0.2, 0.25) is 5.91 Å². The number of hydrogen-bond acceptors (Lipinski definition) is 5. The Hall–Kier alpha value is -2.61. The van der Waals surface area contributed by atoms with Crippen LogP contribution in [-0.2, 0) is 17.9 Å². The van der Waals surface area contributed by atoms with Gasteiger partial charge in [-0.1, -0.05) is 33.2 Å². The third-order valence-electron chi connectivity index (χ3n) is 3.11. The zero-order valence-electron chi connectivity index (χ0n) is 11.9. The third kappa shape index (κ3) is 3.59. The number of rotatable bonds is 5. The van der Waals surface area contributed by atoms with Crippen molar-refractivity contribution in [1.29, 1.82) is 0 Å². The highest BCUT2D eigenvalue weighted by Crippen LogP contribution is 2.20. The van der Waals surface area contributed by atoms with Gasteiger partial charge in [-0.05, 0) is 24.3 Å². The summed E-state index contributed by atoms with van der Waals surface area (Å²) in [5.41, 5.74) is 0.670. The van der Waals surface area contributed by atoms with Gasteiger partial charge in [0.1, 0.15) is 12.3 Å². The van der Waals surface area contributed by atoms with Gasteiger partial charge in [0.15, 0.2) is 5.82 Å². The lowest BCUT2D eigenvalue weighted by Gasteiger charge is -2.06. The summed E-state index contributed by atoms with van der Waals surface area (Å²) in [6.07, 6.45) is 1.53. The minimum atomic E-state index is -0.687. The summed E-state index contributed by atoms with van der Waals surface area (Å²) in [6.45, 7) is 0.0585. The van der Waals surface area contributed by atoms with Crippen LogP contribution in [0.2, 0.25) is 0 Å². The molecule has 118 valence electrons. The van der Waals surface area contributed by atoms with Crippen molar-refractivity contribution in [2.45, 2.75) is 13.1 Å². The second-order valence-corrected chi connectivity index (χ2v) is 5.64. The van der Waals surface area contributed by atoms with Crippen molar-refractivity contribution in [3.8, 4) is 11.4 Å². The molecule has 0 saturated heterocycles. The number of furan rings is 1. The number of carbonyl (C=O) groups is 1. The van der Waals surface area contributed by atoms with Gasteiger partial charge >= 0.3 is 5.76 Å². The van der Waals surface area contributed by atoms with E-state index in [0.717, 1.165) is 4.47 Å². The first-order chi connectivity index (χ1) is 11.1. The number of nitrogens with zero attached hydrogens (tertiary/aromatic N) is 2. The molecular weight excluding hydrogens is 366 g/mol. The van der Waals surface area contributed by atoms with Crippen molar-refractivity contribution < 1.29 is 13.7 Å². The van der Waals surface area contributed by atoms with Gasteiger partial charge in [0.05, 0.1) is 12.8 Å². The quantitative estimate of drug-likeness (QED) is 0.735. The Morgan fingerprint density at radius 1 is 1.30 bits per heavy atom. The molecule has 3 rings (SSSR count). The number of halogens is 1. The van der Waals surface area contributed by atoms with Crippen LogP contribution in [0.5, 0.6) is 0 Å². The zero-order valence-corrected chi connectivity index (χ0v) is 13.4. The molecule has 0 bridgehead atoms. The number of benzene rings is 1. The van der Waals surface area contributed by atoms with Crippen molar-refractivity contribution in [2.24, 2.45) is 0 Å². The highest BCUT2D eigenvalue weighted by Gasteiger charge is 2.16. The van der Waals surface area contributed by atoms with Gasteiger partial charge in [-0.25, -0.2) is 9.36 Å². The topological polar surface area (TPSA) is 90.3 Å². The summed E-state index contributed by atoms with van der Waals surface area (Å²) < 4.78 is 11.8. The van der Waals surface area contributed by atoms with Crippen LogP contribution in [0.1, 0.15) is 5.76 Å². The average molecular weight is 378 g/mol. The van der Waals surface area contributed by atoms with Crippen molar-refractivity contribution in [2.75, 3.05) is 0 Å². The van der Waals surface area contributed by atoms with E-state index in [9.17, 15) is 9.59 Å². The molecule has 0 aliphatic heterocycles. The summed E-state index contributed by atoms with van der Waals surface area (Å²) in [6, 6.07) is 10.7. The number of hydrogen-bond donors (Lipinski definition) is 1. The Balaban J connectivity index is 1.76. The molecule has 0 aliphatic rings. The van der Waals surface area contributed by atoms with Crippen LogP contribution in [0.15, 0.2) is 60.9 Å². The van der Waals surface area contributed by atoms with Gasteiger partial charge in [-0.3, -0.25) is 9.32 Å². The third-order valence-corrected chi connectivity index (χ3v) is 3.60. The molecule has 0 saturated carbocycles. The fraction of sp³-hybridized carbons (Fsp3) is 0.133. The van der Waals surface area contributed by atoms with Crippen molar-refractivity contribution in [1.82, 2.24) is 15.0 Å². The maximum absolute atomic E-state index is 12.0. The Labute approximate surface area is 139 Å². The first-order valence-electron chi connectivity index (χ1n) is 6.75. The lowest BCUT2D eigenvalue weighted by Crippen LogP contribution is -2.30. The van der Waals surface area contributed by atoms with E-state index in [1.54, 1.807) is 30.3 Å². The van der Waals surface area contributed by atoms with E-state index in [2.05, 4.69) is 30.9 Å². The molecular formula is C15H12BrN3O4. The van der Waals surface area contributed by atoms with Crippen molar-refractivity contribution in [3.05, 3.63) is 63.4 Å². The largest absolute Gasteiger partial charge is 0.467 e.